The Kier molecular flexibility index (Phi) is 9.07. The Labute approximate surface area is 231 Å². The monoisotopic (exact) mass is 631 g/mol. The van der Waals surface area contributed by atoms with Gasteiger partial charge < -0.3 is 4.90 Å². The van der Waals surface area contributed by atoms with E-state index in [0.717, 1.165) is 6.07 Å². The van der Waals surface area contributed by atoms with Gasteiger partial charge in [0.15, 0.2) is 0 Å². The van der Waals surface area contributed by atoms with Crippen molar-refractivity contribution in [2.24, 2.45) is 11.0 Å². The van der Waals surface area contributed by atoms with Gasteiger partial charge in [-0.1, -0.05) is 0 Å². The van der Waals surface area contributed by atoms with E-state index in [0.29, 0.717) is 12.1 Å². The molecule has 2 amide bonds. The van der Waals surface area contributed by atoms with Crippen molar-refractivity contribution in [3.05, 3.63) is 69.1 Å². The van der Waals surface area contributed by atoms with E-state index in [-0.39, 0.29) is 55.4 Å². The summed E-state index contributed by atoms with van der Waals surface area (Å²) in [6, 6.07) is 1.79. The fourth-order valence-corrected chi connectivity index (χ4v) is 5.28. The molecule has 1 aliphatic rings. The molecule has 1 saturated heterocycles. The average molecular weight is 631 g/mol. The molecule has 42 heavy (non-hydrogen) atoms. The van der Waals surface area contributed by atoms with Crippen LogP contribution in [0.1, 0.15) is 46.3 Å². The van der Waals surface area contributed by atoms with E-state index in [1.165, 1.54) is 9.62 Å². The summed E-state index contributed by atoms with van der Waals surface area (Å²) in [6.07, 6.45) is -15.8. The van der Waals surface area contributed by atoms with E-state index in [2.05, 4.69) is 10.0 Å². The van der Waals surface area contributed by atoms with Crippen LogP contribution in [0.25, 0.3) is 10.4 Å². The number of rotatable bonds is 6. The summed E-state index contributed by atoms with van der Waals surface area (Å²) in [7, 11) is -5.16. The quantitative estimate of drug-likeness (QED) is 0.173. The lowest BCUT2D eigenvalue weighted by molar-refractivity contribution is -0.143. The maximum absolute atomic E-state index is 13.2. The highest BCUT2D eigenvalue weighted by Crippen LogP contribution is 2.38. The lowest BCUT2D eigenvalue weighted by Gasteiger charge is -2.34. The van der Waals surface area contributed by atoms with Crippen LogP contribution in [0.15, 0.2) is 46.4 Å². The second-order valence-corrected chi connectivity index (χ2v) is 10.8. The van der Waals surface area contributed by atoms with Crippen LogP contribution in [0.3, 0.4) is 0 Å². The number of alkyl halides is 9. The van der Waals surface area contributed by atoms with Crippen LogP contribution in [-0.4, -0.2) is 33.3 Å². The molecule has 228 valence electrons. The minimum atomic E-state index is -5.32. The molecule has 0 saturated carbocycles. The number of benzene rings is 2. The standard InChI is InChI=1S/C23H18F9N5O4S/c24-21(25,26)13-1-2-17(20(39)34-36-33)18(11-13)37-5-3-12(4-6-37)7-19(38)35-42(40,41)16-9-14(22(27,28)29)8-15(10-16)23(30,31)32/h1-2,8-12H,3-7H2,(H,35,38). The summed E-state index contributed by atoms with van der Waals surface area (Å²) in [5, 5.41) is 2.89. The zero-order valence-corrected chi connectivity index (χ0v) is 21.6. The molecule has 0 spiro atoms. The van der Waals surface area contributed by atoms with Crippen LogP contribution in [-0.2, 0) is 33.3 Å². The molecular formula is C23H18F9N5O4S. The minimum absolute atomic E-state index is 0.0366. The number of amides is 2. The van der Waals surface area contributed by atoms with Gasteiger partial charge in [-0.05, 0) is 65.8 Å². The molecule has 0 atom stereocenters. The Balaban J connectivity index is 1.75. The van der Waals surface area contributed by atoms with Crippen molar-refractivity contribution in [2.75, 3.05) is 18.0 Å². The first-order valence-electron chi connectivity index (χ1n) is 11.6. The molecule has 9 nitrogen and oxygen atoms in total. The summed E-state index contributed by atoms with van der Waals surface area (Å²) in [5.74, 6) is -2.97. The molecule has 3 rings (SSSR count). The highest BCUT2D eigenvalue weighted by molar-refractivity contribution is 7.90. The number of hydrogen-bond donors (Lipinski definition) is 1. The number of halogens is 9. The molecule has 0 aromatic heterocycles. The topological polar surface area (TPSA) is 132 Å². The number of anilines is 1. The number of carbonyl (C=O) groups is 2. The SMILES string of the molecule is [N-]=[N+]=NC(=O)c1ccc(C(F)(F)F)cc1N1CCC(CC(=O)NS(=O)(=O)c2cc(C(F)(F)F)cc(C(F)(F)F)c2)CC1. The van der Waals surface area contributed by atoms with Gasteiger partial charge in [-0.15, -0.1) is 0 Å². The first-order valence-corrected chi connectivity index (χ1v) is 13.1. The second-order valence-electron chi connectivity index (χ2n) is 9.13. The van der Waals surface area contributed by atoms with E-state index in [1.54, 1.807) is 0 Å². The lowest BCUT2D eigenvalue weighted by Crippen LogP contribution is -2.38. The van der Waals surface area contributed by atoms with Gasteiger partial charge in [0.25, 0.3) is 15.9 Å². The maximum Gasteiger partial charge on any atom is 0.416 e. The lowest BCUT2D eigenvalue weighted by atomic mass is 9.92. The molecule has 2 aromatic rings. The highest BCUT2D eigenvalue weighted by Gasteiger charge is 2.39. The fraction of sp³-hybridized carbons (Fsp3) is 0.391. The molecule has 0 radical (unpaired) electrons. The van der Waals surface area contributed by atoms with Crippen molar-refractivity contribution in [1.29, 1.82) is 0 Å². The van der Waals surface area contributed by atoms with Crippen LogP contribution >= 0.6 is 0 Å². The van der Waals surface area contributed by atoms with Crippen LogP contribution < -0.4 is 9.62 Å². The van der Waals surface area contributed by atoms with E-state index in [9.17, 15) is 57.5 Å². The van der Waals surface area contributed by atoms with Gasteiger partial charge in [0.05, 0.1) is 21.6 Å². The van der Waals surface area contributed by atoms with Crippen LogP contribution in [0, 0.1) is 5.92 Å². The van der Waals surface area contributed by atoms with Crippen molar-refractivity contribution in [3.63, 3.8) is 0 Å². The van der Waals surface area contributed by atoms with E-state index < -0.39 is 74.3 Å². The highest BCUT2D eigenvalue weighted by atomic mass is 32.2. The molecule has 0 bridgehead atoms. The molecular weight excluding hydrogens is 613 g/mol. The number of azide groups is 1. The normalized spacial score (nSPS) is 15.2. The number of nitrogens with zero attached hydrogens (tertiary/aromatic N) is 4. The van der Waals surface area contributed by atoms with Crippen molar-refractivity contribution in [2.45, 2.75) is 42.7 Å². The third-order valence-electron chi connectivity index (χ3n) is 6.24. The summed E-state index contributed by atoms with van der Waals surface area (Å²) in [4.78, 5) is 26.8. The number of sulfonamides is 1. The van der Waals surface area contributed by atoms with E-state index in [1.807, 2.05) is 0 Å². The van der Waals surface area contributed by atoms with Crippen LogP contribution in [0.2, 0.25) is 0 Å². The predicted octanol–water partition coefficient (Wildman–Crippen LogP) is 6.31. The maximum atomic E-state index is 13.2. The molecule has 1 fully saturated rings. The Morgan fingerprint density at radius 1 is 0.881 bits per heavy atom. The van der Waals surface area contributed by atoms with Gasteiger partial charge >= 0.3 is 18.5 Å². The average Bonchev–Trinajstić information content (AvgIpc) is 2.86. The van der Waals surface area contributed by atoms with Crippen molar-refractivity contribution in [3.8, 4) is 0 Å². The minimum Gasteiger partial charge on any atom is -0.371 e. The van der Waals surface area contributed by atoms with Gasteiger partial charge in [-0.25, -0.2) is 13.1 Å². The summed E-state index contributed by atoms with van der Waals surface area (Å²) >= 11 is 0. The number of carbonyl (C=O) groups excluding carboxylic acids is 2. The van der Waals surface area contributed by atoms with Crippen molar-refractivity contribution < 1.29 is 57.5 Å². The summed E-state index contributed by atoms with van der Waals surface area (Å²) < 4.78 is 145. The molecule has 2 aromatic carbocycles. The predicted molar refractivity (Wildman–Crippen MR) is 126 cm³/mol. The Hall–Kier alpha value is -3.99. The van der Waals surface area contributed by atoms with Gasteiger partial charge in [-0.2, -0.15) is 39.5 Å². The summed E-state index contributed by atoms with van der Waals surface area (Å²) in [6.45, 7) is -0.0732. The Bertz CT molecular complexity index is 1490. The molecule has 19 heteroatoms. The van der Waals surface area contributed by atoms with Gasteiger partial charge in [0, 0.05) is 35.7 Å². The van der Waals surface area contributed by atoms with E-state index >= 15 is 0 Å². The summed E-state index contributed by atoms with van der Waals surface area (Å²) in [5.41, 5.74) is 3.11. The first-order chi connectivity index (χ1) is 19.2. The van der Waals surface area contributed by atoms with Crippen molar-refractivity contribution in [1.82, 2.24) is 4.72 Å². The smallest absolute Gasteiger partial charge is 0.371 e. The molecule has 1 N–H and O–H groups in total. The second kappa shape index (κ2) is 11.7. The molecule has 0 unspecified atom stereocenters. The zero-order chi connectivity index (χ0) is 31.7. The fourth-order valence-electron chi connectivity index (χ4n) is 4.22. The third-order valence-corrected chi connectivity index (χ3v) is 7.59. The van der Waals surface area contributed by atoms with Crippen LogP contribution in [0.5, 0.6) is 0 Å². The Morgan fingerprint density at radius 3 is 1.88 bits per heavy atom. The van der Waals surface area contributed by atoms with Crippen LogP contribution in [0.4, 0.5) is 45.2 Å². The van der Waals surface area contributed by atoms with Gasteiger partial charge in [0.2, 0.25) is 5.91 Å². The van der Waals surface area contributed by atoms with Crippen molar-refractivity contribution >= 4 is 27.5 Å². The Morgan fingerprint density at radius 2 is 1.40 bits per heavy atom. The molecule has 0 aliphatic carbocycles. The first kappa shape index (κ1) is 32.5. The number of nitrogens with one attached hydrogen (secondary N) is 1. The number of hydrogen-bond acceptors (Lipinski definition) is 5. The number of piperidine rings is 1. The molecule has 1 heterocycles. The largest absolute Gasteiger partial charge is 0.416 e. The third kappa shape index (κ3) is 7.84. The zero-order valence-electron chi connectivity index (χ0n) is 20.8. The van der Waals surface area contributed by atoms with Gasteiger partial charge in [0.1, 0.15) is 0 Å². The van der Waals surface area contributed by atoms with E-state index in [4.69, 9.17) is 5.53 Å². The molecule has 1 aliphatic heterocycles. The van der Waals surface area contributed by atoms with Gasteiger partial charge in [-0.3, -0.25) is 9.59 Å².